The maximum Gasteiger partial charge on any atom is 0.297 e. The lowest BCUT2D eigenvalue weighted by Gasteiger charge is -2.40. The molecule has 1 heterocycles. The standard InChI is InChI=1S/C14H21NO7S.ClH/c1-8-3-5-9(6-4-8)23(18,19)21-7-10-12(16)13(17)11(15)14(20-2)22-10;/h3-6,10-14,16-17H,7,15H2,1-2H3;1H/t10-,11+,12-,13+,14+;/m1./s1. The minimum atomic E-state index is -4.00. The second-order valence-electron chi connectivity index (χ2n) is 5.39. The van der Waals surface area contributed by atoms with E-state index in [0.29, 0.717) is 0 Å². The minimum absolute atomic E-state index is 0. The molecule has 1 aromatic carbocycles. The van der Waals surface area contributed by atoms with Crippen molar-refractivity contribution in [3.8, 4) is 0 Å². The van der Waals surface area contributed by atoms with Gasteiger partial charge in [0.25, 0.3) is 10.1 Å². The van der Waals surface area contributed by atoms with Crippen LogP contribution in [0.15, 0.2) is 29.2 Å². The third kappa shape index (κ3) is 4.64. The van der Waals surface area contributed by atoms with Crippen LogP contribution in [0.1, 0.15) is 5.56 Å². The molecule has 0 bridgehead atoms. The highest BCUT2D eigenvalue weighted by Gasteiger charge is 2.43. The number of methoxy groups -OCH3 is 1. The molecule has 1 fully saturated rings. The number of hydrogen-bond donors (Lipinski definition) is 3. The molecule has 1 aliphatic heterocycles. The quantitative estimate of drug-likeness (QED) is 0.583. The number of halogens is 1. The second-order valence-corrected chi connectivity index (χ2v) is 7.00. The van der Waals surface area contributed by atoms with Crippen molar-refractivity contribution in [1.82, 2.24) is 0 Å². The number of aliphatic hydroxyl groups excluding tert-OH is 2. The van der Waals surface area contributed by atoms with Crippen LogP contribution in [-0.4, -0.2) is 63.0 Å². The van der Waals surface area contributed by atoms with Gasteiger partial charge < -0.3 is 25.4 Å². The molecule has 0 spiro atoms. The van der Waals surface area contributed by atoms with E-state index < -0.39 is 47.4 Å². The van der Waals surface area contributed by atoms with Crippen molar-refractivity contribution in [1.29, 1.82) is 0 Å². The summed E-state index contributed by atoms with van der Waals surface area (Å²) < 4.78 is 39.4. The fraction of sp³-hybridized carbons (Fsp3) is 0.571. The number of rotatable bonds is 5. The predicted molar refractivity (Wildman–Crippen MR) is 87.2 cm³/mol. The van der Waals surface area contributed by atoms with Crippen molar-refractivity contribution in [3.05, 3.63) is 29.8 Å². The maximum absolute atomic E-state index is 12.1. The van der Waals surface area contributed by atoms with Crippen LogP contribution in [0.25, 0.3) is 0 Å². The number of aryl methyl sites for hydroxylation is 1. The summed E-state index contributed by atoms with van der Waals surface area (Å²) in [7, 11) is -2.67. The summed E-state index contributed by atoms with van der Waals surface area (Å²) in [6.07, 6.45) is -4.76. The van der Waals surface area contributed by atoms with Gasteiger partial charge in [0, 0.05) is 7.11 Å². The first kappa shape index (κ1) is 21.3. The number of ether oxygens (including phenoxy) is 2. The summed E-state index contributed by atoms with van der Waals surface area (Å²) in [5, 5.41) is 19.8. The van der Waals surface area contributed by atoms with Crippen LogP contribution in [0, 0.1) is 6.92 Å². The van der Waals surface area contributed by atoms with Crippen LogP contribution in [0.4, 0.5) is 0 Å². The van der Waals surface area contributed by atoms with E-state index in [2.05, 4.69) is 0 Å². The van der Waals surface area contributed by atoms with E-state index in [4.69, 9.17) is 19.4 Å². The third-order valence-corrected chi connectivity index (χ3v) is 4.97. The van der Waals surface area contributed by atoms with Crippen molar-refractivity contribution >= 4 is 22.5 Å². The van der Waals surface area contributed by atoms with Crippen LogP contribution in [0.5, 0.6) is 0 Å². The molecule has 0 aliphatic carbocycles. The Labute approximate surface area is 147 Å². The smallest absolute Gasteiger partial charge is 0.297 e. The molecule has 0 amide bonds. The molecule has 0 saturated carbocycles. The topological polar surface area (TPSA) is 128 Å². The molecule has 4 N–H and O–H groups in total. The van der Waals surface area contributed by atoms with E-state index in [1.165, 1.54) is 19.2 Å². The molecule has 5 atom stereocenters. The molecule has 8 nitrogen and oxygen atoms in total. The van der Waals surface area contributed by atoms with Gasteiger partial charge in [-0.25, -0.2) is 0 Å². The van der Waals surface area contributed by atoms with Crippen LogP contribution in [-0.2, 0) is 23.8 Å². The van der Waals surface area contributed by atoms with Gasteiger partial charge in [-0.2, -0.15) is 8.42 Å². The van der Waals surface area contributed by atoms with Gasteiger partial charge in [0.05, 0.1) is 17.5 Å². The summed E-state index contributed by atoms with van der Waals surface area (Å²) >= 11 is 0. The second kappa shape index (κ2) is 8.54. The monoisotopic (exact) mass is 383 g/mol. The lowest BCUT2D eigenvalue weighted by molar-refractivity contribution is -0.256. The molecule has 138 valence electrons. The van der Waals surface area contributed by atoms with Gasteiger partial charge in [0.15, 0.2) is 6.29 Å². The highest BCUT2D eigenvalue weighted by Crippen LogP contribution is 2.22. The highest BCUT2D eigenvalue weighted by molar-refractivity contribution is 7.86. The van der Waals surface area contributed by atoms with E-state index in [1.54, 1.807) is 12.1 Å². The molecule has 2 rings (SSSR count). The first-order valence-electron chi connectivity index (χ1n) is 7.02. The maximum atomic E-state index is 12.1. The van der Waals surface area contributed by atoms with Gasteiger partial charge in [-0.05, 0) is 19.1 Å². The Balaban J connectivity index is 0.00000288. The highest BCUT2D eigenvalue weighted by atomic mass is 35.5. The Morgan fingerprint density at radius 1 is 1.21 bits per heavy atom. The zero-order chi connectivity index (χ0) is 17.2. The summed E-state index contributed by atoms with van der Waals surface area (Å²) in [6.45, 7) is 1.36. The number of nitrogens with two attached hydrogens (primary N) is 1. The molecular weight excluding hydrogens is 362 g/mol. The van der Waals surface area contributed by atoms with Gasteiger partial charge in [0.2, 0.25) is 0 Å². The first-order chi connectivity index (χ1) is 10.8. The molecule has 10 heteroatoms. The Hall–Kier alpha value is -0.780. The third-order valence-electron chi connectivity index (χ3n) is 3.68. The van der Waals surface area contributed by atoms with Crippen molar-refractivity contribution < 1.29 is 32.3 Å². The Kier molecular flexibility index (Phi) is 7.57. The van der Waals surface area contributed by atoms with E-state index >= 15 is 0 Å². The summed E-state index contributed by atoms with van der Waals surface area (Å²) in [4.78, 5) is -0.00561. The van der Waals surface area contributed by atoms with Crippen molar-refractivity contribution in [2.75, 3.05) is 13.7 Å². The molecule has 1 saturated heterocycles. The lowest BCUT2D eigenvalue weighted by atomic mass is 9.98. The van der Waals surface area contributed by atoms with Crippen LogP contribution in [0.3, 0.4) is 0 Å². The van der Waals surface area contributed by atoms with Gasteiger partial charge in [-0.1, -0.05) is 17.7 Å². The number of hydrogen-bond acceptors (Lipinski definition) is 8. The molecule has 24 heavy (non-hydrogen) atoms. The minimum Gasteiger partial charge on any atom is -0.388 e. The first-order valence-corrected chi connectivity index (χ1v) is 8.43. The number of aliphatic hydroxyl groups is 2. The normalized spacial score (nSPS) is 30.6. The SMILES string of the molecule is CO[C@H]1O[C@H](COS(=O)(=O)c2ccc(C)cc2)[C@@H](O)[C@@H](O)[C@@H]1N.Cl. The van der Waals surface area contributed by atoms with Crippen LogP contribution >= 0.6 is 12.4 Å². The summed E-state index contributed by atoms with van der Waals surface area (Å²) in [6, 6.07) is 5.19. The number of benzene rings is 1. The Bertz CT molecular complexity index is 623. The Morgan fingerprint density at radius 2 is 1.79 bits per heavy atom. The Morgan fingerprint density at radius 3 is 2.33 bits per heavy atom. The molecule has 1 aromatic rings. The molecule has 0 radical (unpaired) electrons. The van der Waals surface area contributed by atoms with Crippen molar-refractivity contribution in [3.63, 3.8) is 0 Å². The fourth-order valence-electron chi connectivity index (χ4n) is 2.23. The average molecular weight is 384 g/mol. The molecule has 1 aliphatic rings. The van der Waals surface area contributed by atoms with Gasteiger partial charge in [-0.3, -0.25) is 4.18 Å². The summed E-state index contributed by atoms with van der Waals surface area (Å²) in [5.41, 5.74) is 6.57. The predicted octanol–water partition coefficient (Wildman–Crippen LogP) is -0.457. The fourth-order valence-corrected chi connectivity index (χ4v) is 3.15. The van der Waals surface area contributed by atoms with E-state index in [0.717, 1.165) is 5.56 Å². The van der Waals surface area contributed by atoms with Crippen molar-refractivity contribution in [2.45, 2.75) is 42.5 Å². The van der Waals surface area contributed by atoms with Gasteiger partial charge in [-0.15, -0.1) is 12.4 Å². The van der Waals surface area contributed by atoms with Crippen molar-refractivity contribution in [2.24, 2.45) is 5.73 Å². The largest absolute Gasteiger partial charge is 0.388 e. The zero-order valence-electron chi connectivity index (χ0n) is 13.2. The van der Waals surface area contributed by atoms with E-state index in [9.17, 15) is 18.6 Å². The van der Waals surface area contributed by atoms with Gasteiger partial charge in [0.1, 0.15) is 18.3 Å². The van der Waals surface area contributed by atoms with Crippen LogP contribution < -0.4 is 5.73 Å². The zero-order valence-corrected chi connectivity index (χ0v) is 14.9. The van der Waals surface area contributed by atoms with Crippen LogP contribution in [0.2, 0.25) is 0 Å². The molecule has 0 aromatic heterocycles. The molecular formula is C14H22ClNO7S. The van der Waals surface area contributed by atoms with E-state index in [-0.39, 0.29) is 17.3 Å². The average Bonchev–Trinajstić information content (AvgIpc) is 2.52. The lowest BCUT2D eigenvalue weighted by Crippen LogP contribution is -2.62. The van der Waals surface area contributed by atoms with Gasteiger partial charge >= 0.3 is 0 Å². The van der Waals surface area contributed by atoms with E-state index in [1.807, 2.05) is 6.92 Å². The molecule has 0 unspecified atom stereocenters. The summed E-state index contributed by atoms with van der Waals surface area (Å²) in [5.74, 6) is 0.